The Hall–Kier alpha value is -0.120. The number of nitrogens with one attached hydrogen (secondary N) is 1. The molecule has 3 aliphatic rings. The zero-order chi connectivity index (χ0) is 13.1. The van der Waals surface area contributed by atoms with Gasteiger partial charge in [-0.25, -0.2) is 0 Å². The van der Waals surface area contributed by atoms with Crippen LogP contribution in [0.2, 0.25) is 0 Å². The van der Waals surface area contributed by atoms with E-state index in [9.17, 15) is 0 Å². The van der Waals surface area contributed by atoms with Gasteiger partial charge < -0.3 is 10.1 Å². The van der Waals surface area contributed by atoms with Crippen LogP contribution >= 0.6 is 0 Å². The van der Waals surface area contributed by atoms with Crippen molar-refractivity contribution in [3.63, 3.8) is 0 Å². The Morgan fingerprint density at radius 3 is 3.05 bits per heavy atom. The van der Waals surface area contributed by atoms with E-state index in [0.29, 0.717) is 6.10 Å². The van der Waals surface area contributed by atoms with E-state index in [1.54, 1.807) is 0 Å². The van der Waals surface area contributed by atoms with Crippen molar-refractivity contribution in [3.05, 3.63) is 0 Å². The Labute approximate surface area is 118 Å². The van der Waals surface area contributed by atoms with Crippen LogP contribution in [0.25, 0.3) is 0 Å². The first-order chi connectivity index (χ1) is 9.35. The maximum absolute atomic E-state index is 6.03. The van der Waals surface area contributed by atoms with E-state index in [-0.39, 0.29) is 0 Å². The molecule has 3 fully saturated rings. The van der Waals surface area contributed by atoms with E-state index in [0.717, 1.165) is 37.7 Å². The molecule has 3 rings (SSSR count). The van der Waals surface area contributed by atoms with Crippen molar-refractivity contribution in [1.82, 2.24) is 10.2 Å². The van der Waals surface area contributed by atoms with E-state index in [1.165, 1.54) is 51.5 Å². The van der Waals surface area contributed by atoms with Crippen molar-refractivity contribution in [2.24, 2.45) is 5.92 Å². The Balaban J connectivity index is 1.40. The predicted octanol–water partition coefficient (Wildman–Crippen LogP) is 2.41. The minimum atomic E-state index is 0.427. The zero-order valence-electron chi connectivity index (χ0n) is 12.4. The molecule has 0 aromatic rings. The lowest BCUT2D eigenvalue weighted by atomic mass is 9.84. The fourth-order valence-electron chi connectivity index (χ4n) is 4.15. The molecule has 1 aliphatic carbocycles. The van der Waals surface area contributed by atoms with Crippen LogP contribution in [0.15, 0.2) is 0 Å². The quantitative estimate of drug-likeness (QED) is 0.845. The van der Waals surface area contributed by atoms with Gasteiger partial charge in [-0.3, -0.25) is 4.90 Å². The molecule has 1 N–H and O–H groups in total. The SMILES string of the molecule is CCC1CCCC(NCC2CN3CCCC3CO2)C1. The molecule has 4 unspecified atom stereocenters. The van der Waals surface area contributed by atoms with Crippen LogP contribution in [0.1, 0.15) is 51.9 Å². The minimum absolute atomic E-state index is 0.427. The number of fused-ring (bicyclic) bond motifs is 1. The summed E-state index contributed by atoms with van der Waals surface area (Å²) in [5, 5.41) is 3.78. The van der Waals surface area contributed by atoms with Crippen molar-refractivity contribution in [2.45, 2.75) is 70.1 Å². The summed E-state index contributed by atoms with van der Waals surface area (Å²) in [5.41, 5.74) is 0. The maximum atomic E-state index is 6.03. The molecule has 0 bridgehead atoms. The molecule has 0 radical (unpaired) electrons. The molecule has 0 aromatic heterocycles. The van der Waals surface area contributed by atoms with Crippen LogP contribution in [-0.2, 0) is 4.74 Å². The van der Waals surface area contributed by atoms with Gasteiger partial charge in [0.15, 0.2) is 0 Å². The monoisotopic (exact) mass is 266 g/mol. The molecular formula is C16H30N2O. The molecule has 4 atom stereocenters. The zero-order valence-corrected chi connectivity index (χ0v) is 12.4. The molecule has 2 heterocycles. The Morgan fingerprint density at radius 2 is 2.16 bits per heavy atom. The van der Waals surface area contributed by atoms with Gasteiger partial charge in [0.05, 0.1) is 12.7 Å². The van der Waals surface area contributed by atoms with E-state index >= 15 is 0 Å². The lowest BCUT2D eigenvalue weighted by Gasteiger charge is -2.37. The third-order valence-electron chi connectivity index (χ3n) is 5.46. The second kappa shape index (κ2) is 6.55. The third-order valence-corrected chi connectivity index (χ3v) is 5.46. The van der Waals surface area contributed by atoms with E-state index in [2.05, 4.69) is 17.1 Å². The molecule has 19 heavy (non-hydrogen) atoms. The van der Waals surface area contributed by atoms with Crippen molar-refractivity contribution in [1.29, 1.82) is 0 Å². The van der Waals surface area contributed by atoms with Crippen molar-refractivity contribution < 1.29 is 4.74 Å². The van der Waals surface area contributed by atoms with E-state index < -0.39 is 0 Å². The van der Waals surface area contributed by atoms with Crippen molar-refractivity contribution in [3.8, 4) is 0 Å². The summed E-state index contributed by atoms with van der Waals surface area (Å²) >= 11 is 0. The average molecular weight is 266 g/mol. The number of hydrogen-bond donors (Lipinski definition) is 1. The first kappa shape index (κ1) is 13.8. The molecule has 2 aliphatic heterocycles. The highest BCUT2D eigenvalue weighted by Gasteiger charge is 2.32. The van der Waals surface area contributed by atoms with Gasteiger partial charge in [-0.05, 0) is 38.1 Å². The van der Waals surface area contributed by atoms with E-state index in [4.69, 9.17) is 4.74 Å². The normalized spacial score (nSPS) is 40.3. The third kappa shape index (κ3) is 3.50. The first-order valence-electron chi connectivity index (χ1n) is 8.44. The van der Waals surface area contributed by atoms with Crippen molar-refractivity contribution in [2.75, 3.05) is 26.2 Å². The summed E-state index contributed by atoms with van der Waals surface area (Å²) in [6.45, 7) is 6.82. The topological polar surface area (TPSA) is 24.5 Å². The molecule has 0 spiro atoms. The predicted molar refractivity (Wildman–Crippen MR) is 78.4 cm³/mol. The molecule has 2 saturated heterocycles. The van der Waals surface area contributed by atoms with Crippen LogP contribution in [-0.4, -0.2) is 49.3 Å². The molecule has 0 amide bonds. The highest BCUT2D eigenvalue weighted by atomic mass is 16.5. The number of rotatable bonds is 4. The largest absolute Gasteiger partial charge is 0.374 e. The smallest absolute Gasteiger partial charge is 0.0827 e. The molecule has 3 nitrogen and oxygen atoms in total. The number of hydrogen-bond acceptors (Lipinski definition) is 3. The van der Waals surface area contributed by atoms with Crippen LogP contribution in [0.4, 0.5) is 0 Å². The maximum Gasteiger partial charge on any atom is 0.0827 e. The van der Waals surface area contributed by atoms with Crippen molar-refractivity contribution >= 4 is 0 Å². The summed E-state index contributed by atoms with van der Waals surface area (Å²) in [6.07, 6.45) is 10.1. The van der Waals surface area contributed by atoms with Gasteiger partial charge in [0.1, 0.15) is 0 Å². The second-order valence-corrected chi connectivity index (χ2v) is 6.79. The summed E-state index contributed by atoms with van der Waals surface area (Å²) in [7, 11) is 0. The van der Waals surface area contributed by atoms with Crippen LogP contribution < -0.4 is 5.32 Å². The summed E-state index contributed by atoms with van der Waals surface area (Å²) in [4.78, 5) is 2.64. The fraction of sp³-hybridized carbons (Fsp3) is 1.00. The second-order valence-electron chi connectivity index (χ2n) is 6.79. The Bertz CT molecular complexity index is 284. The molecule has 3 heteroatoms. The molecule has 0 aromatic carbocycles. The number of ether oxygens (including phenoxy) is 1. The molecular weight excluding hydrogens is 236 g/mol. The Kier molecular flexibility index (Phi) is 4.78. The van der Waals surface area contributed by atoms with Gasteiger partial charge in [0, 0.05) is 25.2 Å². The van der Waals surface area contributed by atoms with Crippen LogP contribution in [0.5, 0.6) is 0 Å². The molecule has 1 saturated carbocycles. The van der Waals surface area contributed by atoms with Gasteiger partial charge in [-0.1, -0.05) is 26.2 Å². The van der Waals surface area contributed by atoms with Gasteiger partial charge in [-0.2, -0.15) is 0 Å². The van der Waals surface area contributed by atoms with Crippen LogP contribution in [0.3, 0.4) is 0 Å². The van der Waals surface area contributed by atoms with Gasteiger partial charge in [0.25, 0.3) is 0 Å². The number of morpholine rings is 1. The number of nitrogens with zero attached hydrogens (tertiary/aromatic N) is 1. The highest BCUT2D eigenvalue weighted by molar-refractivity contribution is 4.87. The summed E-state index contributed by atoms with van der Waals surface area (Å²) < 4.78 is 6.03. The van der Waals surface area contributed by atoms with Crippen LogP contribution in [0, 0.1) is 5.92 Å². The van der Waals surface area contributed by atoms with Gasteiger partial charge in [0.2, 0.25) is 0 Å². The highest BCUT2D eigenvalue weighted by Crippen LogP contribution is 2.27. The van der Waals surface area contributed by atoms with E-state index in [1.807, 2.05) is 0 Å². The lowest BCUT2D eigenvalue weighted by molar-refractivity contribution is -0.0484. The minimum Gasteiger partial charge on any atom is -0.374 e. The first-order valence-corrected chi connectivity index (χ1v) is 8.44. The average Bonchev–Trinajstić information content (AvgIpc) is 2.93. The summed E-state index contributed by atoms with van der Waals surface area (Å²) in [6, 6.07) is 1.48. The lowest BCUT2D eigenvalue weighted by Crippen LogP contribution is -2.50. The molecule has 110 valence electrons. The fourth-order valence-corrected chi connectivity index (χ4v) is 4.15. The van der Waals surface area contributed by atoms with Gasteiger partial charge in [-0.15, -0.1) is 0 Å². The van der Waals surface area contributed by atoms with Gasteiger partial charge >= 0.3 is 0 Å². The Morgan fingerprint density at radius 1 is 1.21 bits per heavy atom. The standard InChI is InChI=1S/C16H30N2O/c1-2-13-5-3-6-14(9-13)17-10-16-11-18-8-4-7-15(18)12-19-16/h13-17H,2-12H2,1H3. The summed E-state index contributed by atoms with van der Waals surface area (Å²) in [5.74, 6) is 0.960.